The van der Waals surface area contributed by atoms with Gasteiger partial charge in [0.25, 0.3) is 15.9 Å². The van der Waals surface area contributed by atoms with Crippen LogP contribution in [-0.4, -0.2) is 21.4 Å². The molecule has 0 heterocycles. The highest BCUT2D eigenvalue weighted by molar-refractivity contribution is 7.92. The highest BCUT2D eigenvalue weighted by Crippen LogP contribution is 2.24. The zero-order valence-electron chi connectivity index (χ0n) is 15.1. The third-order valence-corrected chi connectivity index (χ3v) is 6.04. The summed E-state index contributed by atoms with van der Waals surface area (Å²) >= 11 is 0. The van der Waals surface area contributed by atoms with E-state index in [4.69, 9.17) is 0 Å². The molecular formula is C21H20N2O3S. The molecule has 5 nitrogen and oxygen atoms in total. The van der Waals surface area contributed by atoms with E-state index in [0.717, 1.165) is 5.56 Å². The molecule has 0 spiro atoms. The van der Waals surface area contributed by atoms with Crippen LogP contribution in [0.25, 0.3) is 0 Å². The minimum Gasteiger partial charge on any atom is -0.322 e. The first-order chi connectivity index (χ1) is 12.9. The summed E-state index contributed by atoms with van der Waals surface area (Å²) in [6.45, 7) is 1.85. The van der Waals surface area contributed by atoms with E-state index < -0.39 is 10.0 Å². The summed E-state index contributed by atoms with van der Waals surface area (Å²) in [5, 5.41) is 2.77. The van der Waals surface area contributed by atoms with E-state index in [1.807, 2.05) is 25.1 Å². The minimum absolute atomic E-state index is 0.108. The predicted molar refractivity (Wildman–Crippen MR) is 108 cm³/mol. The molecular weight excluding hydrogens is 360 g/mol. The smallest absolute Gasteiger partial charge is 0.264 e. The molecule has 27 heavy (non-hydrogen) atoms. The van der Waals surface area contributed by atoms with Crippen molar-refractivity contribution in [3.8, 4) is 0 Å². The number of benzene rings is 3. The Kier molecular flexibility index (Phi) is 5.28. The number of carbonyl (C=O) groups excluding carboxylic acids is 1. The Morgan fingerprint density at radius 2 is 1.56 bits per heavy atom. The lowest BCUT2D eigenvalue weighted by atomic mass is 10.1. The van der Waals surface area contributed by atoms with Gasteiger partial charge in [0.1, 0.15) is 0 Å². The van der Waals surface area contributed by atoms with Gasteiger partial charge in [0, 0.05) is 18.3 Å². The lowest BCUT2D eigenvalue weighted by Gasteiger charge is -2.20. The van der Waals surface area contributed by atoms with Gasteiger partial charge in [-0.2, -0.15) is 0 Å². The van der Waals surface area contributed by atoms with Crippen molar-refractivity contribution >= 4 is 27.3 Å². The number of nitrogens with zero attached hydrogens (tertiary/aromatic N) is 1. The van der Waals surface area contributed by atoms with Crippen LogP contribution in [0.15, 0.2) is 83.8 Å². The predicted octanol–water partition coefficient (Wildman–Crippen LogP) is 4.07. The fourth-order valence-electron chi connectivity index (χ4n) is 2.70. The van der Waals surface area contributed by atoms with Crippen molar-refractivity contribution < 1.29 is 13.2 Å². The standard InChI is InChI=1S/C21H20N2O3S/c1-16-9-6-7-14-20(16)21(24)22-17-10-8-13-19(15-17)27(25,26)23(2)18-11-4-3-5-12-18/h3-15H,1-2H3,(H,22,24). The van der Waals surface area contributed by atoms with E-state index in [1.54, 1.807) is 48.5 Å². The Hall–Kier alpha value is -3.12. The summed E-state index contributed by atoms with van der Waals surface area (Å²) in [5.74, 6) is -0.279. The molecule has 0 unspecified atom stereocenters. The van der Waals surface area contributed by atoms with Crippen molar-refractivity contribution in [3.05, 3.63) is 90.0 Å². The van der Waals surface area contributed by atoms with Crippen LogP contribution in [0.1, 0.15) is 15.9 Å². The second-order valence-electron chi connectivity index (χ2n) is 6.10. The van der Waals surface area contributed by atoms with E-state index in [-0.39, 0.29) is 10.8 Å². The fourth-order valence-corrected chi connectivity index (χ4v) is 3.94. The largest absolute Gasteiger partial charge is 0.322 e. The number of rotatable bonds is 5. The molecule has 1 amide bonds. The van der Waals surface area contributed by atoms with Crippen molar-refractivity contribution in [1.82, 2.24) is 0 Å². The molecule has 3 aromatic rings. The number of amides is 1. The Balaban J connectivity index is 1.87. The molecule has 3 rings (SSSR count). The molecule has 0 saturated carbocycles. The zero-order chi connectivity index (χ0) is 19.4. The second kappa shape index (κ2) is 7.63. The molecule has 1 N–H and O–H groups in total. The molecule has 0 aliphatic heterocycles. The molecule has 0 radical (unpaired) electrons. The first-order valence-electron chi connectivity index (χ1n) is 8.40. The van der Waals surface area contributed by atoms with Gasteiger partial charge in [0.15, 0.2) is 0 Å². The van der Waals surface area contributed by atoms with Crippen LogP contribution < -0.4 is 9.62 Å². The number of anilines is 2. The maximum atomic E-state index is 12.9. The number of aryl methyl sites for hydroxylation is 1. The molecule has 138 valence electrons. The Morgan fingerprint density at radius 1 is 0.889 bits per heavy atom. The summed E-state index contributed by atoms with van der Waals surface area (Å²) in [7, 11) is -2.24. The van der Waals surface area contributed by atoms with Crippen LogP contribution in [0.4, 0.5) is 11.4 Å². The lowest BCUT2D eigenvalue weighted by Crippen LogP contribution is -2.26. The van der Waals surface area contributed by atoms with Crippen molar-refractivity contribution in [1.29, 1.82) is 0 Å². The number of nitrogens with one attached hydrogen (secondary N) is 1. The number of hydrogen-bond acceptors (Lipinski definition) is 3. The molecule has 0 saturated heterocycles. The summed E-state index contributed by atoms with van der Waals surface area (Å²) in [6.07, 6.45) is 0. The first kappa shape index (κ1) is 18.7. The Labute approximate surface area is 159 Å². The minimum atomic E-state index is -3.74. The van der Waals surface area contributed by atoms with Gasteiger partial charge in [-0.3, -0.25) is 9.10 Å². The van der Waals surface area contributed by atoms with Gasteiger partial charge in [-0.1, -0.05) is 42.5 Å². The maximum Gasteiger partial charge on any atom is 0.264 e. The van der Waals surface area contributed by atoms with E-state index in [0.29, 0.717) is 16.9 Å². The normalized spacial score (nSPS) is 11.0. The summed E-state index contributed by atoms with van der Waals surface area (Å²) in [6, 6.07) is 22.3. The van der Waals surface area contributed by atoms with Crippen LogP contribution >= 0.6 is 0 Å². The monoisotopic (exact) mass is 380 g/mol. The van der Waals surface area contributed by atoms with Gasteiger partial charge < -0.3 is 5.32 Å². The molecule has 0 aliphatic carbocycles. The van der Waals surface area contributed by atoms with Gasteiger partial charge in [-0.15, -0.1) is 0 Å². The summed E-state index contributed by atoms with van der Waals surface area (Å²) < 4.78 is 27.0. The van der Waals surface area contributed by atoms with Crippen LogP contribution in [0, 0.1) is 6.92 Å². The van der Waals surface area contributed by atoms with E-state index >= 15 is 0 Å². The van der Waals surface area contributed by atoms with Gasteiger partial charge in [-0.05, 0) is 48.9 Å². The maximum absolute atomic E-state index is 12.9. The van der Waals surface area contributed by atoms with Crippen LogP contribution in [0.5, 0.6) is 0 Å². The number of carbonyl (C=O) groups is 1. The topological polar surface area (TPSA) is 66.5 Å². The van der Waals surface area contributed by atoms with E-state index in [2.05, 4.69) is 5.32 Å². The highest BCUT2D eigenvalue weighted by Gasteiger charge is 2.21. The Morgan fingerprint density at radius 3 is 2.26 bits per heavy atom. The van der Waals surface area contributed by atoms with Gasteiger partial charge in [0.05, 0.1) is 10.6 Å². The average Bonchev–Trinajstić information content (AvgIpc) is 2.68. The first-order valence-corrected chi connectivity index (χ1v) is 9.84. The van der Waals surface area contributed by atoms with Crippen molar-refractivity contribution in [3.63, 3.8) is 0 Å². The van der Waals surface area contributed by atoms with E-state index in [9.17, 15) is 13.2 Å². The molecule has 6 heteroatoms. The molecule has 0 atom stereocenters. The van der Waals surface area contributed by atoms with Gasteiger partial charge in [0.2, 0.25) is 0 Å². The SMILES string of the molecule is Cc1ccccc1C(=O)Nc1cccc(S(=O)(=O)N(C)c2ccccc2)c1. The third kappa shape index (κ3) is 4.01. The number of hydrogen-bond donors (Lipinski definition) is 1. The summed E-state index contributed by atoms with van der Waals surface area (Å²) in [5.41, 5.74) is 2.38. The van der Waals surface area contributed by atoms with Gasteiger partial charge >= 0.3 is 0 Å². The van der Waals surface area contributed by atoms with E-state index in [1.165, 1.54) is 23.5 Å². The van der Waals surface area contributed by atoms with Crippen molar-refractivity contribution in [2.75, 3.05) is 16.7 Å². The van der Waals surface area contributed by atoms with Crippen molar-refractivity contribution in [2.45, 2.75) is 11.8 Å². The quantitative estimate of drug-likeness (QED) is 0.725. The fraction of sp³-hybridized carbons (Fsp3) is 0.0952. The van der Waals surface area contributed by atoms with Crippen LogP contribution in [0.3, 0.4) is 0 Å². The summed E-state index contributed by atoms with van der Waals surface area (Å²) in [4.78, 5) is 12.6. The number of para-hydroxylation sites is 1. The third-order valence-electron chi connectivity index (χ3n) is 4.26. The highest BCUT2D eigenvalue weighted by atomic mass is 32.2. The second-order valence-corrected chi connectivity index (χ2v) is 8.07. The molecule has 0 fully saturated rings. The molecule has 0 aliphatic rings. The van der Waals surface area contributed by atoms with Crippen LogP contribution in [0.2, 0.25) is 0 Å². The Bertz CT molecular complexity index is 1060. The molecule has 0 aromatic heterocycles. The average molecular weight is 380 g/mol. The molecule has 0 bridgehead atoms. The lowest BCUT2D eigenvalue weighted by molar-refractivity contribution is 0.102. The molecule has 3 aromatic carbocycles. The number of sulfonamides is 1. The van der Waals surface area contributed by atoms with Gasteiger partial charge in [-0.25, -0.2) is 8.42 Å². The zero-order valence-corrected chi connectivity index (χ0v) is 15.9. The van der Waals surface area contributed by atoms with Crippen LogP contribution in [-0.2, 0) is 10.0 Å². The van der Waals surface area contributed by atoms with Crippen molar-refractivity contribution in [2.24, 2.45) is 0 Å².